The van der Waals surface area contributed by atoms with Crippen molar-refractivity contribution in [3.05, 3.63) is 0 Å². The highest BCUT2D eigenvalue weighted by molar-refractivity contribution is 5.84. The fourth-order valence-electron chi connectivity index (χ4n) is 1.99. The Balaban J connectivity index is 2.36. The molecule has 1 heterocycles. The number of nitriles is 1. The van der Waals surface area contributed by atoms with Gasteiger partial charge in [-0.1, -0.05) is 6.92 Å². The molecule has 1 N–H and O–H groups in total. The van der Waals surface area contributed by atoms with Crippen molar-refractivity contribution in [2.75, 3.05) is 26.7 Å². The van der Waals surface area contributed by atoms with Crippen LogP contribution in [0.4, 0.5) is 0 Å². The summed E-state index contributed by atoms with van der Waals surface area (Å²) in [4.78, 5) is 14.2. The third kappa shape index (κ3) is 3.71. The van der Waals surface area contributed by atoms with Crippen LogP contribution in [0.1, 0.15) is 33.1 Å². The fraction of sp³-hybridized carbons (Fsp3) is 0.846. The first-order valence-corrected chi connectivity index (χ1v) is 6.40. The van der Waals surface area contributed by atoms with E-state index in [1.807, 2.05) is 6.92 Å². The second-order valence-corrected chi connectivity index (χ2v) is 5.25. The monoisotopic (exact) mass is 237 g/mol. The van der Waals surface area contributed by atoms with Crippen molar-refractivity contribution in [1.82, 2.24) is 10.2 Å². The molecular weight excluding hydrogens is 214 g/mol. The molecule has 0 aromatic heterocycles. The average Bonchev–Trinajstić information content (AvgIpc) is 2.36. The topological polar surface area (TPSA) is 56.1 Å². The lowest BCUT2D eigenvalue weighted by Gasteiger charge is -2.29. The summed E-state index contributed by atoms with van der Waals surface area (Å²) in [6, 6.07) is 2.10. The van der Waals surface area contributed by atoms with Crippen molar-refractivity contribution < 1.29 is 4.79 Å². The Morgan fingerprint density at radius 2 is 2.12 bits per heavy atom. The lowest BCUT2D eigenvalue weighted by molar-refractivity contribution is -0.127. The average molecular weight is 237 g/mol. The Kier molecular flexibility index (Phi) is 4.95. The van der Waals surface area contributed by atoms with E-state index >= 15 is 0 Å². The summed E-state index contributed by atoms with van der Waals surface area (Å²) in [6.07, 6.45) is 2.82. The molecule has 0 aliphatic carbocycles. The molecule has 1 saturated heterocycles. The molecular formula is C13H23N3O. The summed E-state index contributed by atoms with van der Waals surface area (Å²) < 4.78 is 0. The molecule has 1 unspecified atom stereocenters. The molecule has 0 aromatic rings. The molecule has 1 aliphatic heterocycles. The molecule has 96 valence electrons. The summed E-state index contributed by atoms with van der Waals surface area (Å²) >= 11 is 0. The summed E-state index contributed by atoms with van der Waals surface area (Å²) in [7, 11) is 2.12. The number of hydrogen-bond donors (Lipinski definition) is 1. The fourth-order valence-corrected chi connectivity index (χ4v) is 1.99. The normalized spacial score (nSPS) is 21.5. The molecule has 0 bridgehead atoms. The molecule has 1 amide bonds. The molecule has 1 fully saturated rings. The zero-order valence-electron chi connectivity index (χ0n) is 11.1. The smallest absolute Gasteiger partial charge is 0.240 e. The van der Waals surface area contributed by atoms with E-state index in [9.17, 15) is 4.79 Å². The van der Waals surface area contributed by atoms with Gasteiger partial charge in [-0.15, -0.1) is 0 Å². The van der Waals surface area contributed by atoms with Crippen molar-refractivity contribution in [3.8, 4) is 6.07 Å². The molecule has 4 heteroatoms. The number of piperidine rings is 1. The van der Waals surface area contributed by atoms with E-state index < -0.39 is 5.41 Å². The van der Waals surface area contributed by atoms with Crippen LogP contribution in [0.15, 0.2) is 0 Å². The molecule has 1 atom stereocenters. The zero-order valence-corrected chi connectivity index (χ0v) is 11.1. The lowest BCUT2D eigenvalue weighted by atomic mass is 9.88. The van der Waals surface area contributed by atoms with Gasteiger partial charge in [0.2, 0.25) is 5.91 Å². The predicted octanol–water partition coefficient (Wildman–Crippen LogP) is 1.38. The maximum Gasteiger partial charge on any atom is 0.240 e. The van der Waals surface area contributed by atoms with Crippen molar-refractivity contribution in [3.63, 3.8) is 0 Å². The highest BCUT2D eigenvalue weighted by Gasteiger charge is 2.31. The van der Waals surface area contributed by atoms with Crippen LogP contribution < -0.4 is 5.32 Å². The zero-order chi connectivity index (χ0) is 12.9. The van der Waals surface area contributed by atoms with Gasteiger partial charge < -0.3 is 10.2 Å². The molecule has 1 aliphatic rings. The quantitative estimate of drug-likeness (QED) is 0.803. The third-order valence-corrected chi connectivity index (χ3v) is 3.84. The van der Waals surface area contributed by atoms with Crippen LogP contribution in [0, 0.1) is 22.7 Å². The summed E-state index contributed by atoms with van der Waals surface area (Å²) in [5.74, 6) is 0.441. The molecule has 0 radical (unpaired) electrons. The van der Waals surface area contributed by atoms with Gasteiger partial charge in [0.05, 0.1) is 6.07 Å². The molecule has 0 saturated carbocycles. The van der Waals surface area contributed by atoms with Crippen LogP contribution in [-0.4, -0.2) is 37.5 Å². The van der Waals surface area contributed by atoms with E-state index in [-0.39, 0.29) is 5.91 Å². The number of nitrogens with one attached hydrogen (secondary N) is 1. The van der Waals surface area contributed by atoms with Gasteiger partial charge in [0, 0.05) is 6.54 Å². The van der Waals surface area contributed by atoms with E-state index in [1.165, 1.54) is 0 Å². The van der Waals surface area contributed by atoms with Crippen LogP contribution >= 0.6 is 0 Å². The van der Waals surface area contributed by atoms with Crippen LogP contribution in [0.5, 0.6) is 0 Å². The van der Waals surface area contributed by atoms with E-state index in [2.05, 4.69) is 23.3 Å². The van der Waals surface area contributed by atoms with Crippen molar-refractivity contribution in [2.24, 2.45) is 11.3 Å². The van der Waals surface area contributed by atoms with Gasteiger partial charge in [0.1, 0.15) is 5.41 Å². The number of hydrogen-bond acceptors (Lipinski definition) is 3. The van der Waals surface area contributed by atoms with Crippen LogP contribution in [0.25, 0.3) is 0 Å². The van der Waals surface area contributed by atoms with E-state index in [0.29, 0.717) is 18.9 Å². The molecule has 0 spiro atoms. The second kappa shape index (κ2) is 6.02. The van der Waals surface area contributed by atoms with Crippen molar-refractivity contribution in [1.29, 1.82) is 5.26 Å². The Morgan fingerprint density at radius 1 is 1.53 bits per heavy atom. The van der Waals surface area contributed by atoms with Gasteiger partial charge in [-0.25, -0.2) is 0 Å². The minimum atomic E-state index is -0.870. The van der Waals surface area contributed by atoms with Gasteiger partial charge >= 0.3 is 0 Å². The first-order valence-electron chi connectivity index (χ1n) is 6.40. The molecule has 4 nitrogen and oxygen atoms in total. The lowest BCUT2D eigenvalue weighted by Crippen LogP contribution is -2.42. The van der Waals surface area contributed by atoms with E-state index in [4.69, 9.17) is 5.26 Å². The van der Waals surface area contributed by atoms with Crippen LogP contribution in [0.2, 0.25) is 0 Å². The molecule has 17 heavy (non-hydrogen) atoms. The van der Waals surface area contributed by atoms with Gasteiger partial charge in [-0.2, -0.15) is 5.26 Å². The van der Waals surface area contributed by atoms with E-state index in [1.54, 1.807) is 6.92 Å². The highest BCUT2D eigenvalue weighted by atomic mass is 16.2. The Labute approximate surface area is 104 Å². The summed E-state index contributed by atoms with van der Waals surface area (Å²) in [5, 5.41) is 11.9. The Bertz CT molecular complexity index is 302. The number of likely N-dealkylation sites (tertiary alicyclic amines) is 1. The summed E-state index contributed by atoms with van der Waals surface area (Å²) in [5.41, 5.74) is -0.870. The SMILES string of the molecule is CCC(C)(C#N)C(=O)NCC1CCN(C)CC1. The number of carbonyl (C=O) groups is 1. The van der Waals surface area contributed by atoms with Crippen LogP contribution in [0.3, 0.4) is 0 Å². The maximum absolute atomic E-state index is 11.9. The van der Waals surface area contributed by atoms with Crippen molar-refractivity contribution >= 4 is 5.91 Å². The highest BCUT2D eigenvalue weighted by Crippen LogP contribution is 2.20. The minimum absolute atomic E-state index is 0.124. The van der Waals surface area contributed by atoms with E-state index in [0.717, 1.165) is 25.9 Å². The van der Waals surface area contributed by atoms with Crippen LogP contribution in [-0.2, 0) is 4.79 Å². The predicted molar refractivity (Wildman–Crippen MR) is 67.2 cm³/mol. The second-order valence-electron chi connectivity index (χ2n) is 5.25. The Hall–Kier alpha value is -1.08. The molecule has 1 rings (SSSR count). The van der Waals surface area contributed by atoms with Crippen molar-refractivity contribution in [2.45, 2.75) is 33.1 Å². The standard InChI is InChI=1S/C13H23N3O/c1-4-13(2,10-14)12(17)15-9-11-5-7-16(3)8-6-11/h11H,4-9H2,1-3H3,(H,15,17). The van der Waals surface area contributed by atoms with Gasteiger partial charge in [-0.3, -0.25) is 4.79 Å². The van der Waals surface area contributed by atoms with Gasteiger partial charge in [0.25, 0.3) is 0 Å². The first kappa shape index (κ1) is 14.0. The van der Waals surface area contributed by atoms with Gasteiger partial charge in [0.15, 0.2) is 0 Å². The first-order chi connectivity index (χ1) is 8.01. The number of rotatable bonds is 4. The summed E-state index contributed by atoms with van der Waals surface area (Å²) in [6.45, 7) is 6.49. The number of carbonyl (C=O) groups excluding carboxylic acids is 1. The van der Waals surface area contributed by atoms with Gasteiger partial charge in [-0.05, 0) is 52.2 Å². The largest absolute Gasteiger partial charge is 0.354 e. The maximum atomic E-state index is 11.9. The Morgan fingerprint density at radius 3 is 2.59 bits per heavy atom. The third-order valence-electron chi connectivity index (χ3n) is 3.84. The molecule has 0 aromatic carbocycles. The number of amides is 1. The number of nitrogens with zero attached hydrogens (tertiary/aromatic N) is 2. The minimum Gasteiger partial charge on any atom is -0.354 e.